The molecule has 0 radical (unpaired) electrons. The number of rotatable bonds is 6. The first-order valence-electron chi connectivity index (χ1n) is 8.35. The van der Waals surface area contributed by atoms with Crippen LogP contribution in [0.5, 0.6) is 5.75 Å². The molecule has 0 saturated carbocycles. The van der Waals surface area contributed by atoms with E-state index in [0.717, 1.165) is 28.0 Å². The molecule has 1 unspecified atom stereocenters. The second-order valence-corrected chi connectivity index (χ2v) is 7.08. The minimum Gasteiger partial charge on any atom is -0.482 e. The molecule has 3 aromatic rings. The van der Waals surface area contributed by atoms with Crippen LogP contribution in [0, 0.1) is 13.8 Å². The molecule has 0 aliphatic carbocycles. The Kier molecular flexibility index (Phi) is 5.43. The highest BCUT2D eigenvalue weighted by atomic mass is 32.2. The maximum atomic E-state index is 6.07. The van der Waals surface area contributed by atoms with Crippen LogP contribution in [-0.2, 0) is 12.8 Å². The Morgan fingerprint density at radius 3 is 2.40 bits per heavy atom. The number of aryl methyl sites for hydroxylation is 2. The average molecular weight is 353 g/mol. The summed E-state index contributed by atoms with van der Waals surface area (Å²) in [4.78, 5) is 0. The summed E-state index contributed by atoms with van der Waals surface area (Å²) in [5, 5.41) is 9.59. The topological polar surface area (TPSA) is 39.9 Å². The summed E-state index contributed by atoms with van der Waals surface area (Å²) in [6, 6.07) is 16.4. The van der Waals surface area contributed by atoms with Gasteiger partial charge in [0, 0.05) is 12.8 Å². The van der Waals surface area contributed by atoms with Crippen LogP contribution in [0.15, 0.2) is 53.7 Å². The molecule has 1 aromatic heterocycles. The number of hydrogen-bond donors (Lipinski definition) is 0. The summed E-state index contributed by atoms with van der Waals surface area (Å²) in [6.45, 7) is 6.19. The van der Waals surface area contributed by atoms with Crippen molar-refractivity contribution < 1.29 is 4.74 Å². The Morgan fingerprint density at radius 1 is 1.00 bits per heavy atom. The summed E-state index contributed by atoms with van der Waals surface area (Å²) in [5.41, 5.74) is 3.74. The number of nitrogens with zero attached hydrogens (tertiary/aromatic N) is 3. The third-order valence-corrected chi connectivity index (χ3v) is 5.32. The molecule has 5 heteroatoms. The van der Waals surface area contributed by atoms with E-state index in [0.29, 0.717) is 0 Å². The Bertz CT molecular complexity index is 860. The zero-order valence-corrected chi connectivity index (χ0v) is 15.9. The first kappa shape index (κ1) is 17.5. The van der Waals surface area contributed by atoms with Gasteiger partial charge in [0.1, 0.15) is 5.75 Å². The van der Waals surface area contributed by atoms with Crippen LogP contribution in [0.3, 0.4) is 0 Å². The Balaban J connectivity index is 1.70. The minimum atomic E-state index is -0.161. The molecule has 25 heavy (non-hydrogen) atoms. The number of benzene rings is 2. The molecule has 3 rings (SSSR count). The van der Waals surface area contributed by atoms with Crippen molar-refractivity contribution in [3.63, 3.8) is 0 Å². The number of hydrogen-bond acceptors (Lipinski definition) is 4. The van der Waals surface area contributed by atoms with Crippen molar-refractivity contribution >= 4 is 11.8 Å². The van der Waals surface area contributed by atoms with E-state index in [1.807, 2.05) is 49.7 Å². The summed E-state index contributed by atoms with van der Waals surface area (Å²) in [5.74, 6) is 2.59. The fourth-order valence-corrected chi connectivity index (χ4v) is 3.65. The normalized spacial score (nSPS) is 12.2. The predicted octanol–water partition coefficient (Wildman–Crippen LogP) is 4.86. The molecule has 1 heterocycles. The number of aromatic nitrogens is 3. The Hall–Kier alpha value is -2.27. The lowest BCUT2D eigenvalue weighted by molar-refractivity contribution is 0.210. The maximum absolute atomic E-state index is 6.07. The van der Waals surface area contributed by atoms with Crippen LogP contribution in [0.2, 0.25) is 0 Å². The molecule has 0 bridgehead atoms. The molecular weight excluding hydrogens is 330 g/mol. The van der Waals surface area contributed by atoms with Gasteiger partial charge in [-0.2, -0.15) is 0 Å². The van der Waals surface area contributed by atoms with E-state index in [9.17, 15) is 0 Å². The summed E-state index contributed by atoms with van der Waals surface area (Å²) in [7, 11) is 1.99. The van der Waals surface area contributed by atoms with Gasteiger partial charge in [0.15, 0.2) is 17.1 Å². The van der Waals surface area contributed by atoms with Crippen molar-refractivity contribution in [1.29, 1.82) is 0 Å². The van der Waals surface area contributed by atoms with Gasteiger partial charge in [-0.15, -0.1) is 10.2 Å². The van der Waals surface area contributed by atoms with E-state index < -0.39 is 0 Å². The lowest BCUT2D eigenvalue weighted by Crippen LogP contribution is -2.10. The van der Waals surface area contributed by atoms with Crippen molar-refractivity contribution in [2.45, 2.75) is 37.8 Å². The zero-order chi connectivity index (χ0) is 17.8. The molecule has 0 aliphatic heterocycles. The quantitative estimate of drug-likeness (QED) is 0.593. The Labute approximate surface area is 153 Å². The van der Waals surface area contributed by atoms with Gasteiger partial charge in [-0.3, -0.25) is 0 Å². The van der Waals surface area contributed by atoms with Gasteiger partial charge < -0.3 is 9.30 Å². The highest BCUT2D eigenvalue weighted by Gasteiger charge is 2.18. The minimum absolute atomic E-state index is 0.161. The third-order valence-electron chi connectivity index (χ3n) is 4.25. The standard InChI is InChI=1S/C20H23N3OS/c1-14-9-5-7-11-17(14)13-25-20-22-21-19(23(20)4)16(3)24-18-12-8-6-10-15(18)2/h5-12,16H,13H2,1-4H3. The van der Waals surface area contributed by atoms with E-state index in [1.54, 1.807) is 11.8 Å². The van der Waals surface area contributed by atoms with Crippen LogP contribution in [0.4, 0.5) is 0 Å². The first-order valence-corrected chi connectivity index (χ1v) is 9.33. The molecule has 0 N–H and O–H groups in total. The molecule has 4 nitrogen and oxygen atoms in total. The van der Waals surface area contributed by atoms with Crippen molar-refractivity contribution in [1.82, 2.24) is 14.8 Å². The van der Waals surface area contributed by atoms with E-state index in [4.69, 9.17) is 4.74 Å². The van der Waals surface area contributed by atoms with Crippen LogP contribution in [-0.4, -0.2) is 14.8 Å². The molecule has 0 aliphatic rings. The van der Waals surface area contributed by atoms with Gasteiger partial charge >= 0.3 is 0 Å². The number of para-hydroxylation sites is 1. The smallest absolute Gasteiger partial charge is 0.191 e. The molecule has 0 amide bonds. The molecule has 1 atom stereocenters. The fraction of sp³-hybridized carbons (Fsp3) is 0.300. The van der Waals surface area contributed by atoms with Crippen LogP contribution < -0.4 is 4.74 Å². The van der Waals surface area contributed by atoms with Crippen molar-refractivity contribution in [3.8, 4) is 5.75 Å². The molecule has 2 aromatic carbocycles. The number of ether oxygens (including phenoxy) is 1. The van der Waals surface area contributed by atoms with E-state index in [1.165, 1.54) is 11.1 Å². The molecule has 130 valence electrons. The van der Waals surface area contributed by atoms with Crippen molar-refractivity contribution in [2.24, 2.45) is 7.05 Å². The second kappa shape index (κ2) is 7.74. The predicted molar refractivity (Wildman–Crippen MR) is 102 cm³/mol. The van der Waals surface area contributed by atoms with Gasteiger partial charge in [-0.05, 0) is 43.5 Å². The third kappa shape index (κ3) is 4.04. The molecular formula is C20H23N3OS. The average Bonchev–Trinajstić information content (AvgIpc) is 2.97. The molecule has 0 saturated heterocycles. The molecule has 0 spiro atoms. The van der Waals surface area contributed by atoms with Crippen LogP contribution >= 0.6 is 11.8 Å². The van der Waals surface area contributed by atoms with E-state index >= 15 is 0 Å². The highest BCUT2D eigenvalue weighted by Crippen LogP contribution is 2.27. The maximum Gasteiger partial charge on any atom is 0.191 e. The van der Waals surface area contributed by atoms with Crippen molar-refractivity contribution in [2.75, 3.05) is 0 Å². The van der Waals surface area contributed by atoms with Gasteiger partial charge in [-0.1, -0.05) is 54.2 Å². The lowest BCUT2D eigenvalue weighted by atomic mass is 10.1. The van der Waals surface area contributed by atoms with Gasteiger partial charge in [0.25, 0.3) is 0 Å². The van der Waals surface area contributed by atoms with Crippen LogP contribution in [0.1, 0.15) is 35.5 Å². The van der Waals surface area contributed by atoms with E-state index in [2.05, 4.69) is 41.4 Å². The highest BCUT2D eigenvalue weighted by molar-refractivity contribution is 7.98. The summed E-state index contributed by atoms with van der Waals surface area (Å²) < 4.78 is 8.09. The van der Waals surface area contributed by atoms with Crippen molar-refractivity contribution in [3.05, 3.63) is 71.0 Å². The lowest BCUT2D eigenvalue weighted by Gasteiger charge is -2.15. The monoisotopic (exact) mass is 353 g/mol. The number of thioether (sulfide) groups is 1. The summed E-state index contributed by atoms with van der Waals surface area (Å²) >= 11 is 1.70. The van der Waals surface area contributed by atoms with Gasteiger partial charge in [0.2, 0.25) is 0 Å². The first-order chi connectivity index (χ1) is 12.1. The fourth-order valence-electron chi connectivity index (χ4n) is 2.65. The van der Waals surface area contributed by atoms with Crippen LogP contribution in [0.25, 0.3) is 0 Å². The second-order valence-electron chi connectivity index (χ2n) is 6.14. The zero-order valence-electron chi connectivity index (χ0n) is 15.1. The molecule has 0 fully saturated rings. The Morgan fingerprint density at radius 2 is 1.68 bits per heavy atom. The SMILES string of the molecule is Cc1ccccc1CSc1nnc(C(C)Oc2ccccc2C)n1C. The van der Waals surface area contributed by atoms with Gasteiger partial charge in [0.05, 0.1) is 0 Å². The van der Waals surface area contributed by atoms with Gasteiger partial charge in [-0.25, -0.2) is 0 Å². The summed E-state index contributed by atoms with van der Waals surface area (Å²) in [6.07, 6.45) is -0.161. The van der Waals surface area contributed by atoms with E-state index in [-0.39, 0.29) is 6.10 Å². The largest absolute Gasteiger partial charge is 0.482 e.